The van der Waals surface area contributed by atoms with Gasteiger partial charge in [0.25, 0.3) is 0 Å². The molecule has 35 heavy (non-hydrogen) atoms. The SMILES string of the molecule is CCOC(=O)c1ccc(NC(=O)CSc2nnc(NC(=O)Cc3cccc4ccccc34)s2)cc1. The van der Waals surface area contributed by atoms with Gasteiger partial charge in [0.1, 0.15) is 0 Å². The van der Waals surface area contributed by atoms with Crippen molar-refractivity contribution in [3.8, 4) is 0 Å². The Morgan fingerprint density at radius 3 is 2.49 bits per heavy atom. The molecular weight excluding hydrogens is 484 g/mol. The molecule has 0 bridgehead atoms. The second kappa shape index (κ2) is 11.6. The predicted octanol–water partition coefficient (Wildman–Crippen LogP) is 4.78. The number of carbonyl (C=O) groups is 3. The van der Waals surface area contributed by atoms with Gasteiger partial charge in [-0.25, -0.2) is 4.79 Å². The molecule has 2 N–H and O–H groups in total. The lowest BCUT2D eigenvalue weighted by Gasteiger charge is -2.06. The van der Waals surface area contributed by atoms with Crippen LogP contribution in [0.5, 0.6) is 0 Å². The molecule has 0 saturated carbocycles. The molecule has 4 rings (SSSR count). The van der Waals surface area contributed by atoms with Gasteiger partial charge in [-0.05, 0) is 47.5 Å². The van der Waals surface area contributed by atoms with Crippen molar-refractivity contribution in [2.24, 2.45) is 0 Å². The molecule has 1 aromatic heterocycles. The second-order valence-corrected chi connectivity index (χ2v) is 9.57. The number of thioether (sulfide) groups is 1. The Balaban J connectivity index is 1.26. The Labute approximate surface area is 210 Å². The average molecular weight is 507 g/mol. The van der Waals surface area contributed by atoms with E-state index in [0.29, 0.717) is 27.3 Å². The Morgan fingerprint density at radius 2 is 1.69 bits per heavy atom. The van der Waals surface area contributed by atoms with E-state index < -0.39 is 5.97 Å². The molecule has 0 spiro atoms. The standard InChI is InChI=1S/C25H22N4O4S2/c1-2-33-23(32)17-10-12-19(13-11-17)26-22(31)15-34-25-29-28-24(35-25)27-21(30)14-18-8-5-7-16-6-3-4-9-20(16)18/h3-13H,2,14-15H2,1H3,(H,26,31)(H,27,28,30). The number of hydrogen-bond donors (Lipinski definition) is 2. The number of nitrogens with one attached hydrogen (secondary N) is 2. The summed E-state index contributed by atoms with van der Waals surface area (Å²) in [5.41, 5.74) is 1.93. The van der Waals surface area contributed by atoms with Crippen LogP contribution in [0.15, 0.2) is 71.1 Å². The van der Waals surface area contributed by atoms with Crippen LogP contribution in [0.3, 0.4) is 0 Å². The molecule has 0 fully saturated rings. The Morgan fingerprint density at radius 1 is 0.914 bits per heavy atom. The van der Waals surface area contributed by atoms with E-state index in [0.717, 1.165) is 16.3 Å². The van der Waals surface area contributed by atoms with Gasteiger partial charge in [-0.15, -0.1) is 10.2 Å². The van der Waals surface area contributed by atoms with Gasteiger partial charge in [0.15, 0.2) is 4.34 Å². The number of nitrogens with zero attached hydrogens (tertiary/aromatic N) is 2. The first-order valence-electron chi connectivity index (χ1n) is 10.8. The van der Waals surface area contributed by atoms with Crippen LogP contribution in [0.2, 0.25) is 0 Å². The molecule has 0 saturated heterocycles. The molecule has 8 nitrogen and oxygen atoms in total. The largest absolute Gasteiger partial charge is 0.462 e. The fourth-order valence-corrected chi connectivity index (χ4v) is 4.90. The van der Waals surface area contributed by atoms with Crippen molar-refractivity contribution in [1.29, 1.82) is 0 Å². The molecule has 178 valence electrons. The number of fused-ring (bicyclic) bond motifs is 1. The van der Waals surface area contributed by atoms with Crippen LogP contribution in [0, 0.1) is 0 Å². The molecule has 0 aliphatic rings. The van der Waals surface area contributed by atoms with Gasteiger partial charge >= 0.3 is 5.97 Å². The first-order valence-corrected chi connectivity index (χ1v) is 12.6. The van der Waals surface area contributed by atoms with E-state index in [9.17, 15) is 14.4 Å². The van der Waals surface area contributed by atoms with Crippen LogP contribution in [0.1, 0.15) is 22.8 Å². The van der Waals surface area contributed by atoms with E-state index in [2.05, 4.69) is 20.8 Å². The lowest BCUT2D eigenvalue weighted by molar-refractivity contribution is -0.115. The number of hydrogen-bond acceptors (Lipinski definition) is 8. The maximum atomic E-state index is 12.5. The Hall–Kier alpha value is -3.76. The highest BCUT2D eigenvalue weighted by Crippen LogP contribution is 2.26. The monoisotopic (exact) mass is 506 g/mol. The molecule has 3 aromatic carbocycles. The summed E-state index contributed by atoms with van der Waals surface area (Å²) < 4.78 is 5.51. The smallest absolute Gasteiger partial charge is 0.338 e. The summed E-state index contributed by atoms with van der Waals surface area (Å²) in [5.74, 6) is -0.691. The number of ether oxygens (including phenoxy) is 1. The third-order valence-electron chi connectivity index (χ3n) is 4.89. The van der Waals surface area contributed by atoms with E-state index in [1.165, 1.54) is 23.1 Å². The van der Waals surface area contributed by atoms with Gasteiger partial charge in [0.05, 0.1) is 24.3 Å². The normalized spacial score (nSPS) is 10.7. The highest BCUT2D eigenvalue weighted by Gasteiger charge is 2.13. The highest BCUT2D eigenvalue weighted by molar-refractivity contribution is 8.01. The minimum absolute atomic E-state index is 0.123. The summed E-state index contributed by atoms with van der Waals surface area (Å²) in [5, 5.41) is 16.1. The predicted molar refractivity (Wildman–Crippen MR) is 138 cm³/mol. The molecular formula is C25H22N4O4S2. The Kier molecular flexibility index (Phi) is 8.07. The molecule has 0 aliphatic heterocycles. The van der Waals surface area contributed by atoms with Crippen LogP contribution < -0.4 is 10.6 Å². The van der Waals surface area contributed by atoms with Crippen molar-refractivity contribution in [3.63, 3.8) is 0 Å². The van der Waals surface area contributed by atoms with Crippen LogP contribution >= 0.6 is 23.1 Å². The van der Waals surface area contributed by atoms with E-state index in [-0.39, 0.29) is 24.0 Å². The number of aromatic nitrogens is 2. The fraction of sp³-hybridized carbons (Fsp3) is 0.160. The third kappa shape index (κ3) is 6.65. The highest BCUT2D eigenvalue weighted by atomic mass is 32.2. The third-order valence-corrected chi connectivity index (χ3v) is 6.86. The van der Waals surface area contributed by atoms with Gasteiger partial charge in [-0.2, -0.15) is 0 Å². The Bertz CT molecular complexity index is 1350. The average Bonchev–Trinajstić information content (AvgIpc) is 3.30. The van der Waals surface area contributed by atoms with E-state index in [4.69, 9.17) is 4.74 Å². The van der Waals surface area contributed by atoms with Crippen LogP contribution in [-0.2, 0) is 20.7 Å². The van der Waals surface area contributed by atoms with Crippen LogP contribution in [-0.4, -0.2) is 40.3 Å². The van der Waals surface area contributed by atoms with Crippen molar-refractivity contribution in [1.82, 2.24) is 10.2 Å². The number of rotatable bonds is 9. The molecule has 10 heteroatoms. The number of anilines is 2. The number of amides is 2. The minimum atomic E-state index is -0.405. The number of esters is 1. The lowest BCUT2D eigenvalue weighted by atomic mass is 10.0. The maximum Gasteiger partial charge on any atom is 0.338 e. The summed E-state index contributed by atoms with van der Waals surface area (Å²) >= 11 is 2.43. The topological polar surface area (TPSA) is 110 Å². The van der Waals surface area contributed by atoms with Crippen molar-refractivity contribution < 1.29 is 19.1 Å². The summed E-state index contributed by atoms with van der Waals surface area (Å²) in [6.45, 7) is 2.04. The van der Waals surface area contributed by atoms with Gasteiger partial charge in [-0.3, -0.25) is 9.59 Å². The number of benzene rings is 3. The van der Waals surface area contributed by atoms with Gasteiger partial charge in [0.2, 0.25) is 16.9 Å². The van der Waals surface area contributed by atoms with Crippen LogP contribution in [0.25, 0.3) is 10.8 Å². The van der Waals surface area contributed by atoms with Gasteiger partial charge in [0, 0.05) is 5.69 Å². The molecule has 0 radical (unpaired) electrons. The van der Waals surface area contributed by atoms with Crippen molar-refractivity contribution in [3.05, 3.63) is 77.9 Å². The van der Waals surface area contributed by atoms with Crippen molar-refractivity contribution >= 4 is 62.5 Å². The zero-order valence-electron chi connectivity index (χ0n) is 18.8. The van der Waals surface area contributed by atoms with Crippen molar-refractivity contribution in [2.75, 3.05) is 23.0 Å². The van der Waals surface area contributed by atoms with Crippen molar-refractivity contribution in [2.45, 2.75) is 17.7 Å². The zero-order valence-corrected chi connectivity index (χ0v) is 20.4. The van der Waals surface area contributed by atoms with E-state index in [1.54, 1.807) is 31.2 Å². The van der Waals surface area contributed by atoms with Gasteiger partial charge in [-0.1, -0.05) is 65.6 Å². The zero-order chi connectivity index (χ0) is 24.6. The summed E-state index contributed by atoms with van der Waals surface area (Å²) in [6.07, 6.45) is 0.223. The minimum Gasteiger partial charge on any atom is -0.462 e. The van der Waals surface area contributed by atoms with E-state index in [1.807, 2.05) is 42.5 Å². The van der Waals surface area contributed by atoms with Gasteiger partial charge < -0.3 is 15.4 Å². The first-order chi connectivity index (χ1) is 17.0. The molecule has 1 heterocycles. The summed E-state index contributed by atoms with van der Waals surface area (Å²) in [4.78, 5) is 36.5. The maximum absolute atomic E-state index is 12.5. The summed E-state index contributed by atoms with van der Waals surface area (Å²) in [6, 6.07) is 20.3. The van der Waals surface area contributed by atoms with E-state index >= 15 is 0 Å². The first kappa shape index (κ1) is 24.4. The lowest BCUT2D eigenvalue weighted by Crippen LogP contribution is -2.14. The quantitative estimate of drug-likeness (QED) is 0.191. The second-order valence-electron chi connectivity index (χ2n) is 7.37. The summed E-state index contributed by atoms with van der Waals surface area (Å²) in [7, 11) is 0. The molecule has 0 atom stereocenters. The molecule has 2 amide bonds. The fourth-order valence-electron chi connectivity index (χ4n) is 3.33. The van der Waals surface area contributed by atoms with Crippen LogP contribution in [0.4, 0.5) is 10.8 Å². The molecule has 4 aromatic rings. The number of carbonyl (C=O) groups excluding carboxylic acids is 3. The molecule has 0 unspecified atom stereocenters. The molecule has 0 aliphatic carbocycles.